The van der Waals surface area contributed by atoms with Crippen LogP contribution in [-0.4, -0.2) is 158 Å². The van der Waals surface area contributed by atoms with Crippen LogP contribution in [0.1, 0.15) is 675 Å². The summed E-state index contributed by atoms with van der Waals surface area (Å²) >= 11 is 0. The molecule has 0 aromatic heterocycles. The highest BCUT2D eigenvalue weighted by atomic mass is 17.0. The summed E-state index contributed by atoms with van der Waals surface area (Å²) in [5.74, 6) is -6.86. The van der Waals surface area contributed by atoms with Crippen molar-refractivity contribution < 1.29 is 71.4 Å². The van der Waals surface area contributed by atoms with Crippen LogP contribution in [0.15, 0.2) is 0 Å². The molecular weight excluding hydrogens is 1780 g/mol. The minimum atomic E-state index is -2.50. The Hall–Kier alpha value is -0.600. The number of hydrogen-bond acceptors (Lipinski definition) is 15. The first-order valence-corrected chi connectivity index (χ1v) is 64.9. The number of rotatable bonds is 127. The van der Waals surface area contributed by atoms with Gasteiger partial charge in [0.2, 0.25) is 0 Å². The van der Waals surface area contributed by atoms with Gasteiger partial charge in [-0.15, -0.1) is 0 Å². The van der Waals surface area contributed by atoms with Crippen molar-refractivity contribution in [2.24, 2.45) is 0 Å². The molecule has 0 aromatic rings. The fraction of sp³-hybridized carbons (Fsp3) is 1.00. The van der Waals surface area contributed by atoms with E-state index >= 15 is 0 Å². The Balaban J connectivity index is 9.44. The highest BCUT2D eigenvalue weighted by Crippen LogP contribution is 2.43. The van der Waals surface area contributed by atoms with Gasteiger partial charge in [-0.25, -0.2) is 0 Å². The van der Waals surface area contributed by atoms with Gasteiger partial charge in [-0.05, 0) is 97.8 Å². The van der Waals surface area contributed by atoms with Crippen molar-refractivity contribution in [3.63, 3.8) is 0 Å². The van der Waals surface area contributed by atoms with Gasteiger partial charge in [0.05, 0.1) is 82.7 Å². The van der Waals surface area contributed by atoms with Crippen molar-refractivity contribution in [2.45, 2.75) is 735 Å². The molecule has 0 aliphatic carbocycles. The van der Waals surface area contributed by atoms with Crippen molar-refractivity contribution in [3.05, 3.63) is 0 Å². The first-order valence-electron chi connectivity index (χ1n) is 64.9. The normalized spacial score (nSPS) is 14.9. The van der Waals surface area contributed by atoms with Crippen LogP contribution in [0.2, 0.25) is 0 Å². The van der Waals surface area contributed by atoms with Crippen molar-refractivity contribution >= 4 is 0 Å². The van der Waals surface area contributed by atoms with Gasteiger partial charge in [0.25, 0.3) is 11.8 Å². The highest BCUT2D eigenvalue weighted by molar-refractivity contribution is 4.89. The molecule has 0 heterocycles. The lowest BCUT2D eigenvalue weighted by Gasteiger charge is -2.51. The summed E-state index contributed by atoms with van der Waals surface area (Å²) in [5.41, 5.74) is 0. The Kier molecular flexibility index (Phi) is 113. The van der Waals surface area contributed by atoms with E-state index in [-0.39, 0.29) is 70.0 Å². The van der Waals surface area contributed by atoms with Crippen LogP contribution < -0.4 is 0 Å². The van der Waals surface area contributed by atoms with Crippen molar-refractivity contribution in [3.8, 4) is 0 Å². The Morgan fingerprint density at radius 2 is 0.427 bits per heavy atom. The van der Waals surface area contributed by atoms with E-state index in [1.807, 2.05) is 0 Å². The third kappa shape index (κ3) is 91.4. The van der Waals surface area contributed by atoms with Crippen molar-refractivity contribution in [1.82, 2.24) is 0 Å². The van der Waals surface area contributed by atoms with Gasteiger partial charge in [-0.3, -0.25) is 4.74 Å². The molecule has 0 rings (SSSR count). The maximum Gasteiger partial charge on any atom is 0.347 e. The summed E-state index contributed by atoms with van der Waals surface area (Å²) in [5, 5.41) is 14.8. The summed E-state index contributed by atoms with van der Waals surface area (Å²) in [6.45, 7) is 36.7. The molecule has 0 aliphatic heterocycles. The van der Waals surface area contributed by atoms with Crippen LogP contribution in [0.5, 0.6) is 0 Å². The van der Waals surface area contributed by atoms with E-state index in [1.165, 1.54) is 411 Å². The second-order valence-electron chi connectivity index (χ2n) is 44.4. The van der Waals surface area contributed by atoms with E-state index in [4.69, 9.17) is 66.3 Å². The number of hydrogen-bond donors (Lipinski definition) is 1. The summed E-state index contributed by atoms with van der Waals surface area (Å²) in [6, 6.07) is 0. The fourth-order valence-corrected chi connectivity index (χ4v) is 20.2. The van der Waals surface area contributed by atoms with Gasteiger partial charge in [-0.2, -0.15) is 0 Å². The Labute approximate surface area is 893 Å². The molecule has 10 atom stereocenters. The first kappa shape index (κ1) is 142. The van der Waals surface area contributed by atoms with E-state index in [9.17, 15) is 5.11 Å². The van der Waals surface area contributed by atoms with Gasteiger partial charge < -0.3 is 66.7 Å². The molecule has 0 saturated heterocycles. The molecule has 0 amide bonds. The lowest BCUT2D eigenvalue weighted by atomic mass is 10.0. The minimum Gasteiger partial charge on any atom is -0.379 e. The zero-order chi connectivity index (χ0) is 104. The maximum absolute atomic E-state index is 14.8. The van der Waals surface area contributed by atoms with Crippen molar-refractivity contribution in [2.75, 3.05) is 92.5 Å². The third-order valence-electron chi connectivity index (χ3n) is 30.0. The van der Waals surface area contributed by atoms with E-state index in [1.54, 1.807) is 0 Å². The first-order chi connectivity index (χ1) is 70.3. The summed E-state index contributed by atoms with van der Waals surface area (Å²) in [4.78, 5) is 0. The fourth-order valence-electron chi connectivity index (χ4n) is 20.2. The zero-order valence-electron chi connectivity index (χ0n) is 99.2. The predicted molar refractivity (Wildman–Crippen MR) is 615 cm³/mol. The molecule has 0 aliphatic rings. The standard InChI is InChI=1S/C128H258O15/c1-15-26-36-46-56-63-69-73-83-93-106-130-116-122(134-109-96-86-77-71-65-58-48-38-28-17-3)117-141-127(129,104-115-137-124(102-91-81-54-44-34-23-9)120(13)132-108-95-85-76-70-64-57-47-37-27-16-2)143-128(140-105-25-11,142-121(14)125(103-92-82-55-45-35-24-10)136-111-98-87-75-62-52-42-32-21-7)126(138-113-99-89-79-68-61-51-41-31-20-6,118-131-107-94-84-74-67-60-50-40-30-19-5)139-114-100-112-133-119(12)123(101-90-80-53-43-33-22-8)135-110-97-88-78-72-66-59-49-39-29-18-4/h119-125,129H,15-118H2,1-14H3. The Morgan fingerprint density at radius 3 is 0.734 bits per heavy atom. The third-order valence-corrected chi connectivity index (χ3v) is 30.0. The van der Waals surface area contributed by atoms with Gasteiger partial charge in [0.1, 0.15) is 12.7 Å². The summed E-state index contributed by atoms with van der Waals surface area (Å²) < 4.78 is 104. The van der Waals surface area contributed by atoms with E-state index in [0.29, 0.717) is 65.7 Å². The second kappa shape index (κ2) is 114. The molecule has 0 bridgehead atoms. The Bertz CT molecular complexity index is 2360. The number of unbranched alkanes of at least 4 members (excludes halogenated alkanes) is 74. The zero-order valence-corrected chi connectivity index (χ0v) is 99.2. The summed E-state index contributed by atoms with van der Waals surface area (Å²) in [6.07, 6.45) is 104. The van der Waals surface area contributed by atoms with Crippen LogP contribution in [0, 0.1) is 0 Å². The summed E-state index contributed by atoms with van der Waals surface area (Å²) in [7, 11) is 0. The molecule has 860 valence electrons. The average Bonchev–Trinajstić information content (AvgIpc) is 0.746. The minimum absolute atomic E-state index is 0.0206. The largest absolute Gasteiger partial charge is 0.379 e. The molecule has 1 N–H and O–H groups in total. The molecule has 143 heavy (non-hydrogen) atoms. The quantitative estimate of drug-likeness (QED) is 0.0454. The molecule has 10 unspecified atom stereocenters. The van der Waals surface area contributed by atoms with Gasteiger partial charge in [0.15, 0.2) is 0 Å². The maximum atomic E-state index is 14.8. The average molecular weight is 2040 g/mol. The number of ether oxygens (including phenoxy) is 14. The second-order valence-corrected chi connectivity index (χ2v) is 44.4. The van der Waals surface area contributed by atoms with Crippen LogP contribution >= 0.6 is 0 Å². The Morgan fingerprint density at radius 1 is 0.189 bits per heavy atom. The van der Waals surface area contributed by atoms with Gasteiger partial charge in [0, 0.05) is 46.2 Å². The molecule has 0 aromatic carbocycles. The molecule has 15 nitrogen and oxygen atoms in total. The van der Waals surface area contributed by atoms with Crippen LogP contribution in [0.4, 0.5) is 0 Å². The molecule has 0 radical (unpaired) electrons. The van der Waals surface area contributed by atoms with E-state index in [0.717, 1.165) is 154 Å². The molecule has 0 saturated carbocycles. The lowest BCUT2D eigenvalue weighted by molar-refractivity contribution is -0.570. The van der Waals surface area contributed by atoms with Crippen LogP contribution in [0.3, 0.4) is 0 Å². The molecule has 15 heteroatoms. The SMILES string of the molecule is CCCCCCCCCCCCOCC(COC(O)(CCOC(CCCCCCCC)C(C)OCCCCCCCCCCCC)OC(OCCC)(OC(C)C(CCCCCCCC)OCCCCCCCCCC)C(COCCCCCCCCCCC)(OCCCCCCCCCCC)OCCCOC(C)C(CCCCCCCC)OCCCCCCCCCCCC)OCCCCCCCCCCCC. The van der Waals surface area contributed by atoms with E-state index < -0.39 is 29.9 Å². The monoisotopic (exact) mass is 2040 g/mol. The molecule has 0 fully saturated rings. The highest BCUT2D eigenvalue weighted by Gasteiger charge is 2.64. The van der Waals surface area contributed by atoms with Crippen LogP contribution in [-0.2, 0) is 66.3 Å². The predicted octanol–water partition coefficient (Wildman–Crippen LogP) is 40.2. The number of aliphatic hydroxyl groups is 1. The van der Waals surface area contributed by atoms with E-state index in [2.05, 4.69) is 96.9 Å². The topological polar surface area (TPSA) is 149 Å². The van der Waals surface area contributed by atoms with Crippen molar-refractivity contribution in [1.29, 1.82) is 0 Å². The smallest absolute Gasteiger partial charge is 0.347 e. The molecule has 0 spiro atoms. The molecular formula is C128H258O15. The lowest BCUT2D eigenvalue weighted by Crippen LogP contribution is -2.69. The van der Waals surface area contributed by atoms with Gasteiger partial charge in [-0.1, -0.05) is 571 Å². The van der Waals surface area contributed by atoms with Crippen LogP contribution in [0.25, 0.3) is 0 Å². The van der Waals surface area contributed by atoms with Gasteiger partial charge >= 0.3 is 5.97 Å².